The van der Waals surface area contributed by atoms with E-state index in [1.54, 1.807) is 27.7 Å². The molecule has 0 bridgehead atoms. The average Bonchev–Trinajstić information content (AvgIpc) is 2.09. The molecule has 16 heavy (non-hydrogen) atoms. The standard InChI is InChI=1S/C11H21NO4/c1-6-7(2)8(9(13)14)12-10(15)16-11(3,4)5/h7-8H,6H2,1-5H3,(H,12,15)(H,13,14)/t7-,8-/m1/s1. The van der Waals surface area contributed by atoms with Crippen LogP contribution in [0.15, 0.2) is 0 Å². The van der Waals surface area contributed by atoms with Crippen molar-refractivity contribution in [1.82, 2.24) is 5.32 Å². The summed E-state index contributed by atoms with van der Waals surface area (Å²) in [5.74, 6) is -1.18. The second-order valence-corrected chi connectivity index (χ2v) is 4.85. The van der Waals surface area contributed by atoms with Gasteiger partial charge in [-0.05, 0) is 26.7 Å². The molecule has 0 aromatic carbocycles. The first-order valence-electron chi connectivity index (χ1n) is 5.39. The van der Waals surface area contributed by atoms with Gasteiger partial charge in [0.1, 0.15) is 11.6 Å². The number of aliphatic carboxylic acids is 1. The summed E-state index contributed by atoms with van der Waals surface area (Å²) in [7, 11) is 0. The first-order chi connectivity index (χ1) is 7.17. The molecule has 2 N–H and O–H groups in total. The minimum atomic E-state index is -1.04. The Labute approximate surface area is 96.2 Å². The van der Waals surface area contributed by atoms with Gasteiger partial charge in [-0.15, -0.1) is 0 Å². The normalized spacial score (nSPS) is 15.1. The van der Waals surface area contributed by atoms with Gasteiger partial charge in [0.2, 0.25) is 0 Å². The molecule has 0 aromatic rings. The molecule has 0 aromatic heterocycles. The summed E-state index contributed by atoms with van der Waals surface area (Å²) in [5.41, 5.74) is -0.622. The second-order valence-electron chi connectivity index (χ2n) is 4.85. The zero-order valence-electron chi connectivity index (χ0n) is 10.5. The SMILES string of the molecule is CC[C@@H](C)[C@@H](NC(=O)OC(C)(C)C)C(=O)O. The van der Waals surface area contributed by atoms with E-state index in [-0.39, 0.29) is 5.92 Å². The van der Waals surface area contributed by atoms with Gasteiger partial charge in [-0.25, -0.2) is 9.59 Å². The molecule has 0 aliphatic heterocycles. The maximum atomic E-state index is 11.4. The molecule has 0 heterocycles. The van der Waals surface area contributed by atoms with Gasteiger partial charge >= 0.3 is 12.1 Å². The van der Waals surface area contributed by atoms with Crippen molar-refractivity contribution in [2.75, 3.05) is 0 Å². The van der Waals surface area contributed by atoms with Gasteiger partial charge in [0, 0.05) is 0 Å². The smallest absolute Gasteiger partial charge is 0.408 e. The molecule has 0 aliphatic rings. The van der Waals surface area contributed by atoms with Crippen LogP contribution in [0, 0.1) is 5.92 Å². The lowest BCUT2D eigenvalue weighted by atomic mass is 10.00. The van der Waals surface area contributed by atoms with Crippen LogP contribution >= 0.6 is 0 Å². The number of ether oxygens (including phenoxy) is 1. The van der Waals surface area contributed by atoms with Crippen LogP contribution < -0.4 is 5.32 Å². The Morgan fingerprint density at radius 1 is 1.38 bits per heavy atom. The molecule has 1 amide bonds. The minimum absolute atomic E-state index is 0.134. The number of carboxylic acid groups (broad SMARTS) is 1. The van der Waals surface area contributed by atoms with E-state index in [1.165, 1.54) is 0 Å². The number of nitrogens with one attached hydrogen (secondary N) is 1. The number of amides is 1. The van der Waals surface area contributed by atoms with Crippen molar-refractivity contribution in [1.29, 1.82) is 0 Å². The van der Waals surface area contributed by atoms with Crippen molar-refractivity contribution in [3.8, 4) is 0 Å². The van der Waals surface area contributed by atoms with Crippen LogP contribution in [0.25, 0.3) is 0 Å². The summed E-state index contributed by atoms with van der Waals surface area (Å²) in [6.07, 6.45) is -0.0209. The van der Waals surface area contributed by atoms with Crippen LogP contribution in [0.4, 0.5) is 4.79 Å². The minimum Gasteiger partial charge on any atom is -0.480 e. The summed E-state index contributed by atoms with van der Waals surface area (Å²) >= 11 is 0. The molecule has 0 unspecified atom stereocenters. The van der Waals surface area contributed by atoms with Crippen molar-refractivity contribution in [2.45, 2.75) is 52.7 Å². The van der Waals surface area contributed by atoms with E-state index in [9.17, 15) is 9.59 Å². The second kappa shape index (κ2) is 5.72. The third-order valence-electron chi connectivity index (χ3n) is 2.15. The Morgan fingerprint density at radius 3 is 2.19 bits per heavy atom. The Morgan fingerprint density at radius 2 is 1.88 bits per heavy atom. The molecule has 0 rings (SSSR count). The number of rotatable bonds is 4. The summed E-state index contributed by atoms with van der Waals surface area (Å²) < 4.78 is 5.00. The fourth-order valence-electron chi connectivity index (χ4n) is 1.12. The lowest BCUT2D eigenvalue weighted by molar-refractivity contribution is -0.140. The third-order valence-corrected chi connectivity index (χ3v) is 2.15. The van der Waals surface area contributed by atoms with Gasteiger partial charge in [0.15, 0.2) is 0 Å². The average molecular weight is 231 g/mol. The lowest BCUT2D eigenvalue weighted by Gasteiger charge is -2.24. The molecule has 0 saturated carbocycles. The van der Waals surface area contributed by atoms with Crippen LogP contribution in [-0.4, -0.2) is 28.8 Å². The van der Waals surface area contributed by atoms with E-state index in [0.29, 0.717) is 6.42 Å². The zero-order chi connectivity index (χ0) is 12.9. The largest absolute Gasteiger partial charge is 0.480 e. The highest BCUT2D eigenvalue weighted by Gasteiger charge is 2.27. The highest BCUT2D eigenvalue weighted by atomic mass is 16.6. The molecule has 0 radical (unpaired) electrons. The summed E-state index contributed by atoms with van der Waals surface area (Å²) in [6.45, 7) is 8.83. The van der Waals surface area contributed by atoms with E-state index in [0.717, 1.165) is 0 Å². The first kappa shape index (κ1) is 14.7. The maximum absolute atomic E-state index is 11.4. The molecule has 94 valence electrons. The Balaban J connectivity index is 4.42. The van der Waals surface area contributed by atoms with Crippen LogP contribution in [0.1, 0.15) is 41.0 Å². The lowest BCUT2D eigenvalue weighted by Crippen LogP contribution is -2.46. The van der Waals surface area contributed by atoms with Crippen molar-refractivity contribution in [3.63, 3.8) is 0 Å². The van der Waals surface area contributed by atoms with Crippen molar-refractivity contribution in [3.05, 3.63) is 0 Å². The number of carboxylic acids is 1. The van der Waals surface area contributed by atoms with Crippen LogP contribution in [-0.2, 0) is 9.53 Å². The van der Waals surface area contributed by atoms with Crippen molar-refractivity contribution < 1.29 is 19.4 Å². The molecule has 0 aliphatic carbocycles. The van der Waals surface area contributed by atoms with Crippen molar-refractivity contribution >= 4 is 12.1 Å². The van der Waals surface area contributed by atoms with Gasteiger partial charge in [-0.3, -0.25) is 0 Å². The van der Waals surface area contributed by atoms with Gasteiger partial charge in [0.05, 0.1) is 0 Å². The highest BCUT2D eigenvalue weighted by molar-refractivity contribution is 5.80. The van der Waals surface area contributed by atoms with E-state index in [2.05, 4.69) is 5.32 Å². The number of hydrogen-bond acceptors (Lipinski definition) is 3. The molecule has 0 spiro atoms. The van der Waals surface area contributed by atoms with E-state index in [4.69, 9.17) is 9.84 Å². The molecule has 2 atom stereocenters. The molecule has 0 fully saturated rings. The van der Waals surface area contributed by atoms with E-state index in [1.807, 2.05) is 6.92 Å². The maximum Gasteiger partial charge on any atom is 0.408 e. The fourth-order valence-corrected chi connectivity index (χ4v) is 1.12. The van der Waals surface area contributed by atoms with Gasteiger partial charge in [-0.2, -0.15) is 0 Å². The molecule has 5 nitrogen and oxygen atoms in total. The number of carbonyl (C=O) groups excluding carboxylic acids is 1. The molecule has 0 saturated heterocycles. The summed E-state index contributed by atoms with van der Waals surface area (Å²) in [4.78, 5) is 22.3. The van der Waals surface area contributed by atoms with Gasteiger partial charge in [0.25, 0.3) is 0 Å². The quantitative estimate of drug-likeness (QED) is 0.776. The Hall–Kier alpha value is -1.26. The Kier molecular flexibility index (Phi) is 5.27. The number of alkyl carbamates (subject to hydrolysis) is 1. The van der Waals surface area contributed by atoms with Crippen LogP contribution in [0.3, 0.4) is 0 Å². The molecular formula is C11H21NO4. The molecular weight excluding hydrogens is 210 g/mol. The third kappa shape index (κ3) is 5.58. The zero-order valence-corrected chi connectivity index (χ0v) is 10.5. The predicted octanol–water partition coefficient (Wildman–Crippen LogP) is 2.01. The summed E-state index contributed by atoms with van der Waals surface area (Å²) in [6, 6.07) is -0.903. The van der Waals surface area contributed by atoms with E-state index >= 15 is 0 Å². The van der Waals surface area contributed by atoms with Crippen LogP contribution in [0.5, 0.6) is 0 Å². The molecule has 5 heteroatoms. The highest BCUT2D eigenvalue weighted by Crippen LogP contribution is 2.11. The summed E-state index contributed by atoms with van der Waals surface area (Å²) in [5, 5.41) is 11.3. The number of carbonyl (C=O) groups is 2. The topological polar surface area (TPSA) is 75.6 Å². The first-order valence-corrected chi connectivity index (χ1v) is 5.39. The van der Waals surface area contributed by atoms with Crippen LogP contribution in [0.2, 0.25) is 0 Å². The van der Waals surface area contributed by atoms with Gasteiger partial charge < -0.3 is 15.2 Å². The van der Waals surface area contributed by atoms with E-state index < -0.39 is 23.7 Å². The Bertz CT molecular complexity index is 257. The fraction of sp³-hybridized carbons (Fsp3) is 0.818. The van der Waals surface area contributed by atoms with Crippen molar-refractivity contribution in [2.24, 2.45) is 5.92 Å². The monoisotopic (exact) mass is 231 g/mol. The van der Waals surface area contributed by atoms with Gasteiger partial charge in [-0.1, -0.05) is 20.3 Å². The number of hydrogen-bond donors (Lipinski definition) is 2. The predicted molar refractivity (Wildman–Crippen MR) is 60.2 cm³/mol.